The second kappa shape index (κ2) is 15.8. The van der Waals surface area contributed by atoms with Crippen LogP contribution in [0.2, 0.25) is 5.02 Å². The van der Waals surface area contributed by atoms with Crippen molar-refractivity contribution in [3.05, 3.63) is 100 Å². The highest BCUT2D eigenvalue weighted by Crippen LogP contribution is 2.30. The number of ether oxygens (including phenoxy) is 1. The summed E-state index contributed by atoms with van der Waals surface area (Å²) in [5.74, 6) is 5.51. The molecule has 3 aromatic rings. The van der Waals surface area contributed by atoms with E-state index in [1.807, 2.05) is 18.2 Å². The largest absolute Gasteiger partial charge is 0.491 e. The minimum absolute atomic E-state index is 0. The lowest BCUT2D eigenvalue weighted by atomic mass is 9.96. The lowest BCUT2D eigenvalue weighted by Crippen LogP contribution is -2.48. The molecule has 0 saturated carbocycles. The molecule has 222 valence electrons. The molecule has 3 amide bonds. The van der Waals surface area contributed by atoms with Gasteiger partial charge in [-0.15, -0.1) is 0 Å². The first-order chi connectivity index (χ1) is 19.8. The normalized spacial score (nSPS) is 14.1. The molecule has 1 fully saturated rings. The van der Waals surface area contributed by atoms with Gasteiger partial charge in [0.15, 0.2) is 0 Å². The lowest BCUT2D eigenvalue weighted by Gasteiger charge is -2.39. The van der Waals surface area contributed by atoms with E-state index in [0.29, 0.717) is 29.5 Å². The number of primary amides is 2. The summed E-state index contributed by atoms with van der Waals surface area (Å²) < 4.78 is 5.96. The SMILES string of the molecule is C.NC(=O)c1cc(C#CCCN(O)C(N)=O)ccc1OCCN1CCN([C@H](c2ccccc2)c2ccc(Cl)cc2)CC1. The summed E-state index contributed by atoms with van der Waals surface area (Å²) >= 11 is 6.15. The molecule has 5 N–H and O–H groups in total. The van der Waals surface area contributed by atoms with Crippen LogP contribution in [-0.4, -0.2) is 77.9 Å². The Morgan fingerprint density at radius 1 is 0.976 bits per heavy atom. The summed E-state index contributed by atoms with van der Waals surface area (Å²) in [5.41, 5.74) is 13.8. The number of piperazine rings is 1. The molecule has 4 rings (SSSR count). The number of urea groups is 1. The van der Waals surface area contributed by atoms with E-state index in [1.54, 1.807) is 18.2 Å². The Morgan fingerprint density at radius 3 is 2.29 bits per heavy atom. The zero-order valence-electron chi connectivity index (χ0n) is 22.7. The van der Waals surface area contributed by atoms with Gasteiger partial charge in [0.25, 0.3) is 5.91 Å². The molecule has 9 nitrogen and oxygen atoms in total. The Morgan fingerprint density at radius 2 is 1.64 bits per heavy atom. The van der Waals surface area contributed by atoms with Gasteiger partial charge in [-0.25, -0.2) is 9.86 Å². The van der Waals surface area contributed by atoms with Crippen LogP contribution in [0.25, 0.3) is 0 Å². The number of benzene rings is 3. The van der Waals surface area contributed by atoms with E-state index in [9.17, 15) is 14.8 Å². The first-order valence-electron chi connectivity index (χ1n) is 13.4. The van der Waals surface area contributed by atoms with Crippen LogP contribution in [0.4, 0.5) is 4.79 Å². The van der Waals surface area contributed by atoms with Crippen LogP contribution in [0.5, 0.6) is 5.75 Å². The molecule has 1 aliphatic heterocycles. The van der Waals surface area contributed by atoms with Crippen LogP contribution in [0.15, 0.2) is 72.8 Å². The summed E-state index contributed by atoms with van der Waals surface area (Å²) in [6.07, 6.45) is 0.211. The minimum atomic E-state index is -0.944. The highest BCUT2D eigenvalue weighted by molar-refractivity contribution is 6.30. The number of hydroxylamine groups is 2. The number of carbonyl (C=O) groups excluding carboxylic acids is 2. The predicted molar refractivity (Wildman–Crippen MR) is 165 cm³/mol. The van der Waals surface area contributed by atoms with Crippen LogP contribution in [0, 0.1) is 11.8 Å². The highest BCUT2D eigenvalue weighted by atomic mass is 35.5. The summed E-state index contributed by atoms with van der Waals surface area (Å²) in [6, 6.07) is 22.8. The number of hydrogen-bond acceptors (Lipinski definition) is 6. The standard InChI is InChI=1S/C31H34ClN5O4.CH4/c32-26-12-10-25(11-13-26)29(24-7-2-1-3-8-24)36-18-16-35(17-19-36)20-21-41-28-14-9-23(22-27(28)30(33)38)6-4-5-15-37(40)31(34)39;/h1-3,7-14,22,29,40H,5,15-21H2,(H2,33,38)(H2,34,39);1H4/t29-;/m1./s1. The van der Waals surface area contributed by atoms with Crippen molar-refractivity contribution in [2.75, 3.05) is 45.9 Å². The Bertz CT molecular complexity index is 1380. The van der Waals surface area contributed by atoms with E-state index in [0.717, 1.165) is 31.2 Å². The molecule has 0 radical (unpaired) electrons. The van der Waals surface area contributed by atoms with Crippen molar-refractivity contribution >= 4 is 23.5 Å². The molecule has 0 aromatic heterocycles. The van der Waals surface area contributed by atoms with Gasteiger partial charge in [-0.1, -0.05) is 73.3 Å². The van der Waals surface area contributed by atoms with Gasteiger partial charge >= 0.3 is 6.03 Å². The van der Waals surface area contributed by atoms with Crippen LogP contribution >= 0.6 is 11.6 Å². The molecular weight excluding hydrogens is 554 g/mol. The fourth-order valence-electron chi connectivity index (χ4n) is 4.79. The van der Waals surface area contributed by atoms with Crippen molar-refractivity contribution in [1.29, 1.82) is 0 Å². The Hall–Kier alpha value is -4.07. The van der Waals surface area contributed by atoms with Crippen molar-refractivity contribution in [3.8, 4) is 17.6 Å². The monoisotopic (exact) mass is 591 g/mol. The molecule has 42 heavy (non-hydrogen) atoms. The number of hydrogen-bond donors (Lipinski definition) is 3. The molecule has 3 aromatic carbocycles. The molecule has 1 saturated heterocycles. The molecule has 0 spiro atoms. The average Bonchev–Trinajstić information content (AvgIpc) is 2.98. The fourth-order valence-corrected chi connectivity index (χ4v) is 4.91. The van der Waals surface area contributed by atoms with E-state index >= 15 is 0 Å². The number of halogens is 1. The van der Waals surface area contributed by atoms with Gasteiger partial charge in [0.05, 0.1) is 18.2 Å². The van der Waals surface area contributed by atoms with E-state index in [2.05, 4.69) is 58.0 Å². The maximum absolute atomic E-state index is 12.1. The lowest BCUT2D eigenvalue weighted by molar-refractivity contribution is -0.0372. The third kappa shape index (κ3) is 8.96. The molecular formula is C32H38ClN5O4. The number of nitrogens with two attached hydrogens (primary N) is 2. The number of rotatable bonds is 10. The smallest absolute Gasteiger partial charge is 0.338 e. The summed E-state index contributed by atoms with van der Waals surface area (Å²) in [4.78, 5) is 27.7. The van der Waals surface area contributed by atoms with Crippen LogP contribution in [0.1, 0.15) is 46.9 Å². The molecule has 1 atom stereocenters. The second-order valence-electron chi connectivity index (χ2n) is 9.68. The van der Waals surface area contributed by atoms with Gasteiger partial charge in [-0.3, -0.25) is 19.8 Å². The Labute approximate surface area is 252 Å². The number of carbonyl (C=O) groups is 2. The van der Waals surface area contributed by atoms with Gasteiger partial charge in [0.2, 0.25) is 0 Å². The molecule has 1 heterocycles. The maximum Gasteiger partial charge on any atom is 0.338 e. The first-order valence-corrected chi connectivity index (χ1v) is 13.8. The van der Waals surface area contributed by atoms with Gasteiger partial charge in [0, 0.05) is 49.7 Å². The predicted octanol–water partition coefficient (Wildman–Crippen LogP) is 4.37. The third-order valence-electron chi connectivity index (χ3n) is 6.92. The van der Waals surface area contributed by atoms with Gasteiger partial charge in [-0.2, -0.15) is 0 Å². The quantitative estimate of drug-likeness (QED) is 0.183. The van der Waals surface area contributed by atoms with Crippen LogP contribution < -0.4 is 16.2 Å². The summed E-state index contributed by atoms with van der Waals surface area (Å²) in [7, 11) is 0. The molecule has 1 aliphatic rings. The van der Waals surface area contributed by atoms with Gasteiger partial charge in [-0.05, 0) is 41.5 Å². The van der Waals surface area contributed by atoms with Crippen LogP contribution in [-0.2, 0) is 0 Å². The van der Waals surface area contributed by atoms with Crippen molar-refractivity contribution in [3.63, 3.8) is 0 Å². The first kappa shape index (κ1) is 32.4. The summed E-state index contributed by atoms with van der Waals surface area (Å²) in [5, 5.41) is 10.4. The van der Waals surface area contributed by atoms with E-state index in [4.69, 9.17) is 27.8 Å². The van der Waals surface area contributed by atoms with Gasteiger partial charge < -0.3 is 16.2 Å². The van der Waals surface area contributed by atoms with Crippen molar-refractivity contribution in [2.45, 2.75) is 19.9 Å². The van der Waals surface area contributed by atoms with Crippen LogP contribution in [0.3, 0.4) is 0 Å². The third-order valence-corrected chi connectivity index (χ3v) is 7.17. The highest BCUT2D eigenvalue weighted by Gasteiger charge is 2.26. The zero-order chi connectivity index (χ0) is 29.2. The molecule has 0 bridgehead atoms. The van der Waals surface area contributed by atoms with Crippen molar-refractivity contribution in [1.82, 2.24) is 14.9 Å². The topological polar surface area (TPSA) is 125 Å². The maximum atomic E-state index is 12.1. The number of amides is 3. The second-order valence-corrected chi connectivity index (χ2v) is 10.1. The van der Waals surface area contributed by atoms with Crippen molar-refractivity contribution < 1.29 is 19.5 Å². The average molecular weight is 592 g/mol. The molecule has 0 unspecified atom stereocenters. The zero-order valence-corrected chi connectivity index (χ0v) is 23.5. The van der Waals surface area contributed by atoms with E-state index in [-0.39, 0.29) is 32.0 Å². The minimum Gasteiger partial charge on any atom is -0.491 e. The molecule has 0 aliphatic carbocycles. The Kier molecular flexibility index (Phi) is 12.2. The fraction of sp³-hybridized carbons (Fsp3) is 0.312. The van der Waals surface area contributed by atoms with Crippen molar-refractivity contribution in [2.24, 2.45) is 11.5 Å². The van der Waals surface area contributed by atoms with E-state index < -0.39 is 11.9 Å². The molecule has 10 heteroatoms. The Balaban J connectivity index is 0.00000484. The van der Waals surface area contributed by atoms with E-state index in [1.165, 1.54) is 11.1 Å². The summed E-state index contributed by atoms with van der Waals surface area (Å²) in [6.45, 7) is 4.67. The van der Waals surface area contributed by atoms with Gasteiger partial charge in [0.1, 0.15) is 12.4 Å². The number of nitrogens with zero attached hydrogens (tertiary/aromatic N) is 3.